The molecule has 0 rings (SSSR count). The third kappa shape index (κ3) is 18.2. The summed E-state index contributed by atoms with van der Waals surface area (Å²) in [4.78, 5) is 0. The van der Waals surface area contributed by atoms with Crippen LogP contribution in [0.25, 0.3) is 0 Å². The van der Waals surface area contributed by atoms with Gasteiger partial charge in [-0.05, 0) is 0 Å². The van der Waals surface area contributed by atoms with E-state index in [1.807, 2.05) is 0 Å². The molecule has 0 aliphatic rings. The molecule has 0 aromatic rings. The maximum atomic E-state index is 0. The molecule has 0 aliphatic carbocycles. The van der Waals surface area contributed by atoms with Gasteiger partial charge < -0.3 is 0 Å². The molecule has 0 amide bonds. The maximum absolute atomic E-state index is 0. The number of hydrogen-bond acceptors (Lipinski definition) is 0. The molecule has 0 heterocycles. The Bertz CT molecular complexity index is 11.6. The molecule has 5 heavy (non-hydrogen) atoms. The second-order valence-corrected chi connectivity index (χ2v) is 0. The predicted molar refractivity (Wildman–Crippen MR) is 37.0 cm³/mol. The van der Waals surface area contributed by atoms with Crippen LogP contribution in [0.2, 0.25) is 0 Å². The van der Waals surface area contributed by atoms with Crippen LogP contribution in [0.15, 0.2) is 0 Å². The van der Waals surface area contributed by atoms with E-state index in [0.29, 0.717) is 0 Å². The minimum Gasteiger partial charge on any atom is 0 e. The molecule has 0 bridgehead atoms. The first kappa shape index (κ1) is 37.0. The zero-order valence-corrected chi connectivity index (χ0v) is 3.67. The molecule has 0 aliphatic heterocycles. The van der Waals surface area contributed by atoms with Crippen LogP contribution in [0.3, 0.4) is 0 Å². The summed E-state index contributed by atoms with van der Waals surface area (Å²) in [6.07, 6.45) is 0. The van der Waals surface area contributed by atoms with Crippen molar-refractivity contribution in [3.05, 3.63) is 0 Å². The number of hydrogen-bond donors (Lipinski definition) is 0. The zero-order chi connectivity index (χ0) is 0. The van der Waals surface area contributed by atoms with Crippen LogP contribution < -0.4 is 0 Å². The van der Waals surface area contributed by atoms with E-state index in [-0.39, 0.29) is 117 Å². The summed E-state index contributed by atoms with van der Waals surface area (Å²) >= 11 is 0. The summed E-state index contributed by atoms with van der Waals surface area (Å²) in [5, 5.41) is 0. The van der Waals surface area contributed by atoms with Crippen LogP contribution in [-0.4, -0.2) is 97.9 Å². The summed E-state index contributed by atoms with van der Waals surface area (Å²) in [7, 11) is 0. The average Bonchev–Trinajstić information content (AvgIpc) is 0. The molecule has 0 fully saturated rings. The van der Waals surface area contributed by atoms with Crippen LogP contribution in [0, 0.1) is 0 Å². The van der Waals surface area contributed by atoms with Gasteiger partial charge in [-0.15, -0.1) is 0 Å². The fraction of sp³-hybridized carbons (Fsp3) is 0. The summed E-state index contributed by atoms with van der Waals surface area (Å²) in [6.45, 7) is 0. The molecule has 0 aromatic heterocycles. The van der Waals surface area contributed by atoms with Crippen molar-refractivity contribution in [2.75, 3.05) is 0 Å². The Morgan fingerprint density at radius 3 is 1.00 bits per heavy atom. The Kier molecular flexibility index (Phi) is 184. The largest absolute Gasteiger partial charge is 0.316 e. The maximum Gasteiger partial charge on any atom is 0.316 e. The van der Waals surface area contributed by atoms with E-state index >= 15 is 0 Å². The topological polar surface area (TPSA) is 0 Å². The van der Waals surface area contributed by atoms with Gasteiger partial charge in [0, 0.05) is 19.5 Å². The van der Waals surface area contributed by atoms with Crippen LogP contribution in [0.5, 0.6) is 0 Å². The first-order valence-corrected chi connectivity index (χ1v) is 0. The molecule has 0 saturated heterocycles. The molecule has 0 unspecified atom stereocenters. The minimum absolute atomic E-state index is 0. The SMILES string of the molecule is [AlH3].[CaH2].[GaH3].[MgH2].[Zn]. The zero-order valence-electron chi connectivity index (χ0n) is 0.707. The van der Waals surface area contributed by atoms with Gasteiger partial charge in [-0.25, -0.2) is 0 Å². The van der Waals surface area contributed by atoms with Crippen molar-refractivity contribution >= 4 is 97.9 Å². The summed E-state index contributed by atoms with van der Waals surface area (Å²) in [5.41, 5.74) is 0. The molecular weight excluding hydrogens is 226 g/mol. The molecule has 0 N–H and O–H groups in total. The van der Waals surface area contributed by atoms with Crippen LogP contribution in [-0.2, 0) is 19.5 Å². The fourth-order valence-electron chi connectivity index (χ4n) is 0. The first-order chi connectivity index (χ1) is 0. The second-order valence-electron chi connectivity index (χ2n) is 0. The molecule has 0 atom stereocenters. The fourth-order valence-corrected chi connectivity index (χ4v) is 0. The molecular formula is H10AlCaGaMgZn. The van der Waals surface area contributed by atoms with Gasteiger partial charge in [-0.1, -0.05) is 0 Å². The molecule has 0 saturated carbocycles. The van der Waals surface area contributed by atoms with Gasteiger partial charge in [0.2, 0.25) is 0 Å². The van der Waals surface area contributed by atoms with E-state index in [4.69, 9.17) is 0 Å². The van der Waals surface area contributed by atoms with Crippen LogP contribution in [0.4, 0.5) is 0 Å². The Balaban J connectivity index is 0. The van der Waals surface area contributed by atoms with E-state index < -0.39 is 0 Å². The van der Waals surface area contributed by atoms with E-state index in [9.17, 15) is 0 Å². The van der Waals surface area contributed by atoms with E-state index in [1.165, 1.54) is 0 Å². The summed E-state index contributed by atoms with van der Waals surface area (Å²) in [5.74, 6) is 0. The van der Waals surface area contributed by atoms with Crippen molar-refractivity contribution in [1.82, 2.24) is 0 Å². The smallest absolute Gasteiger partial charge is 0 e. The average molecular weight is 237 g/mol. The van der Waals surface area contributed by atoms with Crippen LogP contribution in [0.1, 0.15) is 0 Å². The number of rotatable bonds is 0. The van der Waals surface area contributed by atoms with Crippen LogP contribution >= 0.6 is 0 Å². The Morgan fingerprint density at radius 2 is 1.00 bits per heavy atom. The Labute approximate surface area is 115 Å². The van der Waals surface area contributed by atoms with E-state index in [1.54, 1.807) is 0 Å². The normalized spacial score (nSPS) is 0. The molecule has 5 heteroatoms. The first-order valence-electron chi connectivity index (χ1n) is 0. The van der Waals surface area contributed by atoms with Gasteiger partial charge >= 0.3 is 80.6 Å². The van der Waals surface area contributed by atoms with E-state index in [0.717, 1.165) is 0 Å². The predicted octanol–water partition coefficient (Wildman–Crippen LogP) is -4.20. The van der Waals surface area contributed by atoms with Crippen molar-refractivity contribution < 1.29 is 19.5 Å². The van der Waals surface area contributed by atoms with Crippen molar-refractivity contribution in [3.63, 3.8) is 0 Å². The monoisotopic (exact) mass is 234 g/mol. The summed E-state index contributed by atoms with van der Waals surface area (Å²) in [6, 6.07) is 0. The van der Waals surface area contributed by atoms with Gasteiger partial charge in [0.05, 0.1) is 0 Å². The van der Waals surface area contributed by atoms with Gasteiger partial charge in [0.25, 0.3) is 0 Å². The van der Waals surface area contributed by atoms with E-state index in [2.05, 4.69) is 0 Å². The van der Waals surface area contributed by atoms with Gasteiger partial charge in [0.1, 0.15) is 0 Å². The molecule has 0 spiro atoms. The molecule has 0 nitrogen and oxygen atoms in total. The van der Waals surface area contributed by atoms with Crippen molar-refractivity contribution in [2.45, 2.75) is 0 Å². The van der Waals surface area contributed by atoms with Crippen molar-refractivity contribution in [2.24, 2.45) is 0 Å². The van der Waals surface area contributed by atoms with Crippen molar-refractivity contribution in [1.29, 1.82) is 0 Å². The Hall–Kier alpha value is 3.82. The molecule has 0 aromatic carbocycles. The third-order valence-corrected chi connectivity index (χ3v) is 0. The van der Waals surface area contributed by atoms with Gasteiger partial charge in [-0.2, -0.15) is 0 Å². The molecule has 22 valence electrons. The quantitative estimate of drug-likeness (QED) is 0.374. The Morgan fingerprint density at radius 1 is 1.00 bits per heavy atom. The van der Waals surface area contributed by atoms with Crippen molar-refractivity contribution in [3.8, 4) is 0 Å². The summed E-state index contributed by atoms with van der Waals surface area (Å²) < 4.78 is 0. The minimum atomic E-state index is 0. The standard InChI is InChI=1S/Al.Ca.Ga.Mg.Zn.10H. The second kappa shape index (κ2) is 24.9. The van der Waals surface area contributed by atoms with Gasteiger partial charge in [0.15, 0.2) is 17.4 Å². The molecule has 0 radical (unpaired) electrons. The third-order valence-electron chi connectivity index (χ3n) is 0. The van der Waals surface area contributed by atoms with Gasteiger partial charge in [-0.3, -0.25) is 0 Å².